The van der Waals surface area contributed by atoms with Gasteiger partial charge in [-0.25, -0.2) is 9.97 Å². The highest BCUT2D eigenvalue weighted by Crippen LogP contribution is 2.36. The molecule has 5 N–H and O–H groups in total. The van der Waals surface area contributed by atoms with Gasteiger partial charge in [-0.3, -0.25) is 4.79 Å². The van der Waals surface area contributed by atoms with Crippen LogP contribution < -0.4 is 11.5 Å². The summed E-state index contributed by atoms with van der Waals surface area (Å²) in [6, 6.07) is 9.01. The van der Waals surface area contributed by atoms with Crippen LogP contribution in [0.3, 0.4) is 0 Å². The molecule has 3 aromatic rings. The number of benzene rings is 1. The lowest BCUT2D eigenvalue weighted by Gasteiger charge is -2.06. The highest BCUT2D eigenvalue weighted by atomic mass is 79.9. The maximum Gasteiger partial charge on any atom is 0.250 e. The molecule has 6 nitrogen and oxygen atoms in total. The summed E-state index contributed by atoms with van der Waals surface area (Å²) in [6.45, 7) is 0. The predicted molar refractivity (Wildman–Crippen MR) is 95.6 cm³/mol. The second-order valence-corrected chi connectivity index (χ2v) is 6.38. The van der Waals surface area contributed by atoms with Crippen LogP contribution in [0.2, 0.25) is 0 Å². The van der Waals surface area contributed by atoms with Crippen molar-refractivity contribution in [3.63, 3.8) is 0 Å². The van der Waals surface area contributed by atoms with E-state index in [2.05, 4.69) is 46.8 Å². The molecular formula is C15H11Br2N5O. The predicted octanol–water partition coefficient (Wildman–Crippen LogP) is 3.34. The molecule has 2 aromatic heterocycles. The Bertz CT molecular complexity index is 907. The van der Waals surface area contributed by atoms with Crippen LogP contribution in [0.25, 0.3) is 22.6 Å². The fourth-order valence-electron chi connectivity index (χ4n) is 2.22. The van der Waals surface area contributed by atoms with Gasteiger partial charge in [-0.2, -0.15) is 0 Å². The molecule has 0 atom stereocenters. The maximum atomic E-state index is 11.8. The molecule has 0 unspecified atom stereocenters. The van der Waals surface area contributed by atoms with Gasteiger partial charge in [0, 0.05) is 20.7 Å². The summed E-state index contributed by atoms with van der Waals surface area (Å²) in [4.78, 5) is 23.0. The molecule has 0 bridgehead atoms. The lowest BCUT2D eigenvalue weighted by molar-refractivity contribution is 0.100. The second kappa shape index (κ2) is 6.13. The number of nitrogen functional groups attached to an aromatic ring is 1. The lowest BCUT2D eigenvalue weighted by atomic mass is 10.1. The van der Waals surface area contributed by atoms with E-state index in [-0.39, 0.29) is 5.95 Å². The van der Waals surface area contributed by atoms with Gasteiger partial charge >= 0.3 is 0 Å². The molecule has 2 heterocycles. The molecule has 0 radical (unpaired) electrons. The van der Waals surface area contributed by atoms with Gasteiger partial charge in [0.05, 0.1) is 22.6 Å². The summed E-state index contributed by atoms with van der Waals surface area (Å²) in [5.74, 6) is -0.376. The number of amides is 1. The highest BCUT2D eigenvalue weighted by Gasteiger charge is 2.18. The fraction of sp³-hybridized carbons (Fsp3) is 0. The van der Waals surface area contributed by atoms with Crippen LogP contribution in [0.15, 0.2) is 45.5 Å². The van der Waals surface area contributed by atoms with Crippen LogP contribution in [-0.4, -0.2) is 20.9 Å². The molecule has 0 fully saturated rings. The third kappa shape index (κ3) is 2.99. The van der Waals surface area contributed by atoms with Crippen LogP contribution in [0.5, 0.6) is 0 Å². The number of hydrogen-bond donors (Lipinski definition) is 3. The first-order valence-electron chi connectivity index (χ1n) is 6.53. The number of aromatic nitrogens is 3. The Balaban J connectivity index is 2.21. The van der Waals surface area contributed by atoms with E-state index in [9.17, 15) is 4.79 Å². The number of aromatic amines is 1. The summed E-state index contributed by atoms with van der Waals surface area (Å²) in [5, 5.41) is 0. The minimum absolute atomic E-state index is 0.155. The van der Waals surface area contributed by atoms with Gasteiger partial charge in [-0.05, 0) is 50.1 Å². The van der Waals surface area contributed by atoms with E-state index in [4.69, 9.17) is 11.5 Å². The van der Waals surface area contributed by atoms with Gasteiger partial charge in [-0.1, -0.05) is 12.1 Å². The zero-order valence-corrected chi connectivity index (χ0v) is 14.8. The van der Waals surface area contributed by atoms with Crippen LogP contribution >= 0.6 is 31.9 Å². The van der Waals surface area contributed by atoms with E-state index in [1.54, 1.807) is 18.3 Å². The molecule has 3 rings (SSSR count). The van der Waals surface area contributed by atoms with Gasteiger partial charge in [0.15, 0.2) is 0 Å². The standard InChI is InChI=1S/C15H11Br2N5O/c16-9-3-1-2-7(12(9)17)13-8(14(18)23)6-11(21-13)10-4-5-20-15(19)22-10/h1-6,21H,(H2,18,23)(H2,19,20,22). The van der Waals surface area contributed by atoms with Crippen molar-refractivity contribution >= 4 is 43.7 Å². The van der Waals surface area contributed by atoms with Crippen molar-refractivity contribution in [2.45, 2.75) is 0 Å². The average Bonchev–Trinajstić information content (AvgIpc) is 2.95. The van der Waals surface area contributed by atoms with Crippen molar-refractivity contribution < 1.29 is 4.79 Å². The number of nitrogens with zero attached hydrogens (tertiary/aromatic N) is 2. The Morgan fingerprint density at radius 2 is 2.00 bits per heavy atom. The van der Waals surface area contributed by atoms with Crippen molar-refractivity contribution in [1.29, 1.82) is 0 Å². The number of H-pyrrole nitrogens is 1. The van der Waals surface area contributed by atoms with E-state index in [0.717, 1.165) is 14.5 Å². The largest absolute Gasteiger partial charge is 0.368 e. The summed E-state index contributed by atoms with van der Waals surface area (Å²) in [5.41, 5.74) is 14.1. The molecule has 0 saturated heterocycles. The summed E-state index contributed by atoms with van der Waals surface area (Å²) in [7, 11) is 0. The Morgan fingerprint density at radius 1 is 1.22 bits per heavy atom. The fourth-order valence-corrected chi connectivity index (χ4v) is 3.05. The number of rotatable bonds is 3. The minimum atomic E-state index is -0.531. The van der Waals surface area contributed by atoms with Crippen molar-refractivity contribution in [3.05, 3.63) is 51.0 Å². The smallest absolute Gasteiger partial charge is 0.250 e. The second-order valence-electron chi connectivity index (χ2n) is 4.74. The Morgan fingerprint density at radius 3 is 2.70 bits per heavy atom. The zero-order chi connectivity index (χ0) is 16.6. The molecule has 1 amide bonds. The molecule has 23 heavy (non-hydrogen) atoms. The monoisotopic (exact) mass is 435 g/mol. The van der Waals surface area contributed by atoms with Gasteiger partial charge < -0.3 is 16.5 Å². The Labute approximate surface area is 148 Å². The summed E-state index contributed by atoms with van der Waals surface area (Å²) >= 11 is 6.96. The van der Waals surface area contributed by atoms with Gasteiger partial charge in [-0.15, -0.1) is 0 Å². The Hall–Kier alpha value is -2.19. The van der Waals surface area contributed by atoms with Crippen molar-refractivity contribution in [2.24, 2.45) is 5.73 Å². The summed E-state index contributed by atoms with van der Waals surface area (Å²) < 4.78 is 1.69. The Kier molecular flexibility index (Phi) is 4.18. The molecule has 0 aliphatic rings. The van der Waals surface area contributed by atoms with Crippen LogP contribution in [0.1, 0.15) is 10.4 Å². The maximum absolute atomic E-state index is 11.8. The first-order chi connectivity index (χ1) is 11.0. The van der Waals surface area contributed by atoms with Crippen LogP contribution in [0.4, 0.5) is 5.95 Å². The normalized spacial score (nSPS) is 10.7. The number of anilines is 1. The molecule has 0 saturated carbocycles. The molecule has 8 heteroatoms. The molecule has 0 aliphatic carbocycles. The first kappa shape index (κ1) is 15.7. The average molecular weight is 437 g/mol. The number of hydrogen-bond acceptors (Lipinski definition) is 4. The zero-order valence-electron chi connectivity index (χ0n) is 11.7. The third-order valence-corrected chi connectivity index (χ3v) is 5.30. The number of carbonyl (C=O) groups is 1. The van der Waals surface area contributed by atoms with E-state index < -0.39 is 5.91 Å². The first-order valence-corrected chi connectivity index (χ1v) is 8.12. The van der Waals surface area contributed by atoms with Crippen LogP contribution in [0, 0.1) is 0 Å². The number of carbonyl (C=O) groups excluding carboxylic acids is 1. The van der Waals surface area contributed by atoms with Crippen molar-refractivity contribution in [1.82, 2.24) is 15.0 Å². The lowest BCUT2D eigenvalue weighted by Crippen LogP contribution is -2.11. The number of nitrogens with two attached hydrogens (primary N) is 2. The number of nitrogens with one attached hydrogen (secondary N) is 1. The van der Waals surface area contributed by atoms with Crippen LogP contribution in [-0.2, 0) is 0 Å². The highest BCUT2D eigenvalue weighted by molar-refractivity contribution is 9.13. The third-order valence-electron chi connectivity index (χ3n) is 3.25. The quantitative estimate of drug-likeness (QED) is 0.584. The topological polar surface area (TPSA) is 111 Å². The molecule has 0 aliphatic heterocycles. The van der Waals surface area contributed by atoms with E-state index >= 15 is 0 Å². The van der Waals surface area contributed by atoms with E-state index in [0.29, 0.717) is 22.6 Å². The van der Waals surface area contributed by atoms with E-state index in [1.165, 1.54) is 0 Å². The van der Waals surface area contributed by atoms with Gasteiger partial charge in [0.25, 0.3) is 5.91 Å². The van der Waals surface area contributed by atoms with E-state index in [1.807, 2.05) is 18.2 Å². The minimum Gasteiger partial charge on any atom is -0.368 e. The number of primary amides is 1. The molecule has 116 valence electrons. The van der Waals surface area contributed by atoms with Gasteiger partial charge in [0.2, 0.25) is 5.95 Å². The molecule has 0 spiro atoms. The summed E-state index contributed by atoms with van der Waals surface area (Å²) in [6.07, 6.45) is 1.55. The molecule has 1 aromatic carbocycles. The van der Waals surface area contributed by atoms with Crippen molar-refractivity contribution in [3.8, 4) is 22.6 Å². The van der Waals surface area contributed by atoms with Gasteiger partial charge in [0.1, 0.15) is 0 Å². The number of halogens is 2. The van der Waals surface area contributed by atoms with Crippen molar-refractivity contribution in [2.75, 3.05) is 5.73 Å². The SMILES string of the molecule is NC(=O)c1cc(-c2ccnc(N)n2)[nH]c1-c1cccc(Br)c1Br. The molecular weight excluding hydrogens is 426 g/mol.